The molecule has 1 saturated heterocycles. The van der Waals surface area contributed by atoms with E-state index in [2.05, 4.69) is 0 Å². The van der Waals surface area contributed by atoms with E-state index >= 15 is 0 Å². The fourth-order valence-corrected chi connectivity index (χ4v) is 3.90. The van der Waals surface area contributed by atoms with Gasteiger partial charge in [-0.1, -0.05) is 27.7 Å². The second kappa shape index (κ2) is 11.3. The van der Waals surface area contributed by atoms with E-state index in [1.165, 1.54) is 17.0 Å². The van der Waals surface area contributed by atoms with E-state index in [9.17, 15) is 18.7 Å². The van der Waals surface area contributed by atoms with Crippen LogP contribution in [0.2, 0.25) is 0 Å². The Bertz CT molecular complexity index is 804. The van der Waals surface area contributed by atoms with Crippen molar-refractivity contribution < 1.29 is 32.9 Å². The average molecular weight is 487 g/mol. The molecule has 5 atom stereocenters. The first-order chi connectivity index (χ1) is 15.6. The zero-order chi connectivity index (χ0) is 25.8. The minimum absolute atomic E-state index is 0.00918. The molecule has 1 aromatic carbocycles. The van der Waals surface area contributed by atoms with Gasteiger partial charge in [0, 0.05) is 12.1 Å². The van der Waals surface area contributed by atoms with Gasteiger partial charge in [-0.15, -0.1) is 0 Å². The van der Waals surface area contributed by atoms with Crippen LogP contribution in [-0.4, -0.2) is 65.4 Å². The lowest BCUT2D eigenvalue weighted by atomic mass is 9.94. The summed E-state index contributed by atoms with van der Waals surface area (Å²) in [4.78, 5) is 14.7. The molecule has 2 rings (SSSR count). The van der Waals surface area contributed by atoms with Crippen molar-refractivity contribution in [3.8, 4) is 0 Å². The SMILES string of the molecule is CCC1C(OCC(C)(C)C)OCC(C(O)C(N)Cc2cc(F)cc(F)c2)N1C(=O)OC(C)(C)C. The summed E-state index contributed by atoms with van der Waals surface area (Å²) in [6, 6.07) is 0.846. The topological polar surface area (TPSA) is 94.2 Å². The Kier molecular flexibility index (Phi) is 9.44. The van der Waals surface area contributed by atoms with Gasteiger partial charge in [-0.05, 0) is 56.7 Å². The smallest absolute Gasteiger partial charge is 0.411 e. The molecule has 0 radical (unpaired) electrons. The second-order valence-corrected chi connectivity index (χ2v) is 11.1. The van der Waals surface area contributed by atoms with Crippen molar-refractivity contribution in [2.45, 2.75) is 97.4 Å². The number of rotatable bonds is 7. The molecular weight excluding hydrogens is 446 g/mol. The van der Waals surface area contributed by atoms with Gasteiger partial charge in [0.05, 0.1) is 31.4 Å². The van der Waals surface area contributed by atoms with Gasteiger partial charge in [-0.2, -0.15) is 0 Å². The fraction of sp³-hybridized carbons (Fsp3) is 0.720. The van der Waals surface area contributed by atoms with Crippen LogP contribution in [0.5, 0.6) is 0 Å². The Balaban J connectivity index is 2.28. The summed E-state index contributed by atoms with van der Waals surface area (Å²) in [6.07, 6.45) is -2.05. The third-order valence-corrected chi connectivity index (χ3v) is 5.39. The number of nitrogens with two attached hydrogens (primary N) is 1. The highest BCUT2D eigenvalue weighted by atomic mass is 19.1. The lowest BCUT2D eigenvalue weighted by molar-refractivity contribution is -0.237. The minimum Gasteiger partial charge on any atom is -0.444 e. The predicted molar refractivity (Wildman–Crippen MR) is 125 cm³/mol. The van der Waals surface area contributed by atoms with Gasteiger partial charge in [0.2, 0.25) is 0 Å². The third-order valence-electron chi connectivity index (χ3n) is 5.39. The van der Waals surface area contributed by atoms with Crippen molar-refractivity contribution >= 4 is 6.09 Å². The maximum Gasteiger partial charge on any atom is 0.411 e. The highest BCUT2D eigenvalue weighted by Gasteiger charge is 2.46. The van der Waals surface area contributed by atoms with Crippen LogP contribution in [0.15, 0.2) is 18.2 Å². The zero-order valence-corrected chi connectivity index (χ0v) is 21.3. The Morgan fingerprint density at radius 2 is 1.79 bits per heavy atom. The number of carbonyl (C=O) groups excluding carboxylic acids is 1. The number of amides is 1. The van der Waals surface area contributed by atoms with Gasteiger partial charge in [-0.3, -0.25) is 4.90 Å². The number of aliphatic hydroxyl groups excluding tert-OH is 1. The van der Waals surface area contributed by atoms with Crippen LogP contribution in [0.4, 0.5) is 13.6 Å². The molecule has 1 aliphatic rings. The van der Waals surface area contributed by atoms with Gasteiger partial charge in [0.15, 0.2) is 6.29 Å². The molecule has 0 aliphatic carbocycles. The normalized spacial score (nSPS) is 23.5. The first-order valence-electron chi connectivity index (χ1n) is 11.7. The number of halogens is 2. The molecule has 7 nitrogen and oxygen atoms in total. The molecule has 0 saturated carbocycles. The molecule has 1 fully saturated rings. The van der Waals surface area contributed by atoms with Crippen molar-refractivity contribution in [1.82, 2.24) is 4.90 Å². The van der Waals surface area contributed by atoms with Crippen molar-refractivity contribution in [1.29, 1.82) is 0 Å². The first-order valence-corrected chi connectivity index (χ1v) is 11.7. The highest BCUT2D eigenvalue weighted by molar-refractivity contribution is 5.69. The molecule has 0 bridgehead atoms. The van der Waals surface area contributed by atoms with E-state index in [4.69, 9.17) is 19.9 Å². The molecular formula is C25H40F2N2O5. The van der Waals surface area contributed by atoms with E-state index in [0.29, 0.717) is 18.6 Å². The maximum absolute atomic E-state index is 13.6. The summed E-state index contributed by atoms with van der Waals surface area (Å²) in [6.45, 7) is 13.6. The van der Waals surface area contributed by atoms with Gasteiger partial charge in [-0.25, -0.2) is 13.6 Å². The molecule has 194 valence electrons. The number of ether oxygens (including phenoxy) is 3. The van der Waals surface area contributed by atoms with Gasteiger partial charge in [0.1, 0.15) is 17.2 Å². The van der Waals surface area contributed by atoms with Crippen LogP contribution in [0, 0.1) is 17.0 Å². The number of morpholine rings is 1. The van der Waals surface area contributed by atoms with Crippen LogP contribution >= 0.6 is 0 Å². The van der Waals surface area contributed by atoms with Crippen molar-refractivity contribution in [3.63, 3.8) is 0 Å². The first kappa shape index (κ1) is 28.4. The van der Waals surface area contributed by atoms with Gasteiger partial charge >= 0.3 is 6.09 Å². The van der Waals surface area contributed by atoms with E-state index in [-0.39, 0.29) is 18.4 Å². The number of carbonyl (C=O) groups is 1. The Hall–Kier alpha value is -1.81. The standard InChI is InChI=1S/C25H40F2N2O5/c1-8-19-22(33-14-24(2,3)4)32-13-20(29(19)23(31)34-25(5,6)7)21(30)18(28)11-15-9-16(26)12-17(27)10-15/h9-10,12,18-22,30H,8,11,13-14,28H2,1-7H3. The molecule has 34 heavy (non-hydrogen) atoms. The van der Waals surface area contributed by atoms with Gasteiger partial charge in [0.25, 0.3) is 0 Å². The summed E-state index contributed by atoms with van der Waals surface area (Å²) in [5.41, 5.74) is 5.68. The maximum atomic E-state index is 13.6. The van der Waals surface area contributed by atoms with E-state index in [1.54, 1.807) is 20.8 Å². The van der Waals surface area contributed by atoms with Crippen molar-refractivity contribution in [2.24, 2.45) is 11.1 Å². The summed E-state index contributed by atoms with van der Waals surface area (Å²) in [5.74, 6) is -1.45. The lowest BCUT2D eigenvalue weighted by Crippen LogP contribution is -2.66. The molecule has 9 heteroatoms. The molecule has 1 aliphatic heterocycles. The monoisotopic (exact) mass is 486 g/mol. The van der Waals surface area contributed by atoms with E-state index in [0.717, 1.165) is 6.07 Å². The van der Waals surface area contributed by atoms with Crippen LogP contribution < -0.4 is 5.73 Å². The van der Waals surface area contributed by atoms with Crippen LogP contribution in [0.25, 0.3) is 0 Å². The molecule has 1 amide bonds. The Labute approximate surface area is 201 Å². The third kappa shape index (κ3) is 8.15. The largest absolute Gasteiger partial charge is 0.444 e. The lowest BCUT2D eigenvalue weighted by Gasteiger charge is -2.48. The molecule has 1 aromatic rings. The van der Waals surface area contributed by atoms with Gasteiger partial charge < -0.3 is 25.1 Å². The Morgan fingerprint density at radius 3 is 2.29 bits per heavy atom. The second-order valence-electron chi connectivity index (χ2n) is 11.1. The summed E-state index contributed by atoms with van der Waals surface area (Å²) >= 11 is 0. The number of hydrogen-bond acceptors (Lipinski definition) is 6. The number of hydrogen-bond donors (Lipinski definition) is 2. The van der Waals surface area contributed by atoms with Crippen LogP contribution in [0.3, 0.4) is 0 Å². The fourth-order valence-electron chi connectivity index (χ4n) is 3.90. The number of aliphatic hydroxyl groups is 1. The van der Waals surface area contributed by atoms with Crippen LogP contribution in [0.1, 0.15) is 60.5 Å². The molecule has 0 spiro atoms. The quantitative estimate of drug-likeness (QED) is 0.605. The zero-order valence-electron chi connectivity index (χ0n) is 21.3. The average Bonchev–Trinajstić information content (AvgIpc) is 2.68. The van der Waals surface area contributed by atoms with Crippen LogP contribution in [-0.2, 0) is 20.6 Å². The minimum atomic E-state index is -1.24. The van der Waals surface area contributed by atoms with E-state index in [1.807, 2.05) is 27.7 Å². The van der Waals surface area contributed by atoms with E-state index < -0.39 is 53.8 Å². The molecule has 1 heterocycles. The molecule has 5 unspecified atom stereocenters. The molecule has 0 aromatic heterocycles. The van der Waals surface area contributed by atoms with Crippen molar-refractivity contribution in [2.75, 3.05) is 13.2 Å². The van der Waals surface area contributed by atoms with Crippen molar-refractivity contribution in [3.05, 3.63) is 35.4 Å². The number of nitrogens with zero attached hydrogens (tertiary/aromatic N) is 1. The summed E-state index contributed by atoms with van der Waals surface area (Å²) in [5, 5.41) is 11.1. The predicted octanol–water partition coefficient (Wildman–Crippen LogP) is 4.00. The Morgan fingerprint density at radius 1 is 1.21 bits per heavy atom. The highest BCUT2D eigenvalue weighted by Crippen LogP contribution is 2.29. The summed E-state index contributed by atoms with van der Waals surface area (Å²) in [7, 11) is 0. The molecule has 3 N–H and O–H groups in total. The number of benzene rings is 1. The summed E-state index contributed by atoms with van der Waals surface area (Å²) < 4.78 is 44.8.